The van der Waals surface area contributed by atoms with Crippen molar-refractivity contribution in [1.82, 2.24) is 15.6 Å². The molecule has 1 aromatic carbocycles. The zero-order chi connectivity index (χ0) is 14.9. The van der Waals surface area contributed by atoms with Crippen LogP contribution >= 0.6 is 23.7 Å². The Labute approximate surface area is 141 Å². The fourth-order valence-corrected chi connectivity index (χ4v) is 2.84. The Morgan fingerprint density at radius 1 is 1.23 bits per heavy atom. The Morgan fingerprint density at radius 2 is 2.00 bits per heavy atom. The minimum atomic E-state index is 0. The molecule has 0 unspecified atom stereocenters. The molecule has 0 aliphatic heterocycles. The summed E-state index contributed by atoms with van der Waals surface area (Å²) in [5.41, 5.74) is 2.18. The first-order valence-electron chi connectivity index (χ1n) is 7.20. The van der Waals surface area contributed by atoms with E-state index in [2.05, 4.69) is 33.1 Å². The van der Waals surface area contributed by atoms with Crippen molar-refractivity contribution < 1.29 is 4.79 Å². The van der Waals surface area contributed by atoms with Crippen molar-refractivity contribution in [3.63, 3.8) is 0 Å². The lowest BCUT2D eigenvalue weighted by Gasteiger charge is -2.03. The zero-order valence-electron chi connectivity index (χ0n) is 12.7. The summed E-state index contributed by atoms with van der Waals surface area (Å²) >= 11 is 1.65. The second-order valence-corrected chi connectivity index (χ2v) is 5.68. The number of aromatic nitrogens is 1. The van der Waals surface area contributed by atoms with E-state index in [1.807, 2.05) is 25.2 Å². The van der Waals surface area contributed by atoms with Crippen LogP contribution in [0.4, 0.5) is 0 Å². The maximum atomic E-state index is 11.6. The second kappa shape index (κ2) is 10.3. The molecule has 0 spiro atoms. The van der Waals surface area contributed by atoms with Crippen molar-refractivity contribution in [2.24, 2.45) is 0 Å². The zero-order valence-corrected chi connectivity index (χ0v) is 14.3. The predicted octanol–water partition coefficient (Wildman–Crippen LogP) is 2.89. The lowest BCUT2D eigenvalue weighted by molar-refractivity contribution is -0.121. The maximum absolute atomic E-state index is 11.6. The second-order valence-electron chi connectivity index (χ2n) is 4.82. The van der Waals surface area contributed by atoms with Gasteiger partial charge in [-0.15, -0.1) is 23.7 Å². The first-order chi connectivity index (χ1) is 10.3. The van der Waals surface area contributed by atoms with Crippen LogP contribution in [0, 0.1) is 0 Å². The molecule has 22 heavy (non-hydrogen) atoms. The summed E-state index contributed by atoms with van der Waals surface area (Å²) in [5.74, 6) is 0.115. The van der Waals surface area contributed by atoms with E-state index in [1.54, 1.807) is 11.3 Å². The van der Waals surface area contributed by atoms with E-state index in [-0.39, 0.29) is 18.3 Å². The van der Waals surface area contributed by atoms with Crippen molar-refractivity contribution in [2.45, 2.75) is 19.3 Å². The summed E-state index contributed by atoms with van der Waals surface area (Å²) in [7, 11) is 1.89. The Morgan fingerprint density at radius 3 is 2.73 bits per heavy atom. The standard InChI is InChI=1S/C16H21N3OS.ClH/c1-17-10-5-8-15(20)18-11-9-14-12-21-16(19-14)13-6-3-2-4-7-13;/h2-4,6-7,12,17H,5,8-11H2,1H3,(H,18,20);1H. The Balaban J connectivity index is 0.00000242. The first-order valence-corrected chi connectivity index (χ1v) is 8.08. The Bertz CT molecular complexity index is 560. The molecule has 1 heterocycles. The highest BCUT2D eigenvalue weighted by atomic mass is 35.5. The van der Waals surface area contributed by atoms with Gasteiger partial charge in [0.05, 0.1) is 5.69 Å². The molecule has 2 N–H and O–H groups in total. The molecule has 4 nitrogen and oxygen atoms in total. The van der Waals surface area contributed by atoms with E-state index in [4.69, 9.17) is 0 Å². The van der Waals surface area contributed by atoms with Gasteiger partial charge in [0.15, 0.2) is 0 Å². The molecular weight excluding hydrogens is 318 g/mol. The molecule has 0 saturated carbocycles. The highest BCUT2D eigenvalue weighted by Gasteiger charge is 2.05. The van der Waals surface area contributed by atoms with E-state index in [0.29, 0.717) is 13.0 Å². The molecule has 120 valence electrons. The van der Waals surface area contributed by atoms with Gasteiger partial charge in [0.2, 0.25) is 5.91 Å². The van der Waals surface area contributed by atoms with Crippen molar-refractivity contribution in [1.29, 1.82) is 0 Å². The smallest absolute Gasteiger partial charge is 0.220 e. The Kier molecular flexibility index (Phi) is 8.74. The fourth-order valence-electron chi connectivity index (χ4n) is 1.98. The van der Waals surface area contributed by atoms with Gasteiger partial charge in [-0.25, -0.2) is 4.98 Å². The van der Waals surface area contributed by atoms with Crippen LogP contribution in [0.3, 0.4) is 0 Å². The number of thiazole rings is 1. The number of rotatable bonds is 8. The third-order valence-corrected chi connectivity index (χ3v) is 4.05. The predicted molar refractivity (Wildman–Crippen MR) is 94.7 cm³/mol. The van der Waals surface area contributed by atoms with Gasteiger partial charge < -0.3 is 10.6 Å². The summed E-state index contributed by atoms with van der Waals surface area (Å²) in [5, 5.41) is 9.07. The molecular formula is C16H22ClN3OS. The summed E-state index contributed by atoms with van der Waals surface area (Å²) in [6, 6.07) is 10.2. The van der Waals surface area contributed by atoms with Crippen molar-refractivity contribution in [2.75, 3.05) is 20.1 Å². The van der Waals surface area contributed by atoms with Gasteiger partial charge in [-0.2, -0.15) is 0 Å². The first kappa shape index (κ1) is 18.6. The SMILES string of the molecule is CNCCCC(=O)NCCc1csc(-c2ccccc2)n1.Cl. The molecule has 2 aromatic rings. The minimum absolute atomic E-state index is 0. The highest BCUT2D eigenvalue weighted by Crippen LogP contribution is 2.23. The molecule has 0 atom stereocenters. The lowest BCUT2D eigenvalue weighted by atomic mass is 10.2. The number of amides is 1. The Hall–Kier alpha value is -1.43. The van der Waals surface area contributed by atoms with Gasteiger partial charge >= 0.3 is 0 Å². The van der Waals surface area contributed by atoms with Gasteiger partial charge in [0, 0.05) is 30.3 Å². The van der Waals surface area contributed by atoms with E-state index >= 15 is 0 Å². The summed E-state index contributed by atoms with van der Waals surface area (Å²) in [4.78, 5) is 16.2. The van der Waals surface area contributed by atoms with Crippen LogP contribution in [0.1, 0.15) is 18.5 Å². The number of benzene rings is 1. The van der Waals surface area contributed by atoms with Crippen molar-refractivity contribution in [3.05, 3.63) is 41.4 Å². The van der Waals surface area contributed by atoms with Crippen molar-refractivity contribution in [3.8, 4) is 10.6 Å². The van der Waals surface area contributed by atoms with Crippen LogP contribution < -0.4 is 10.6 Å². The quantitative estimate of drug-likeness (QED) is 0.727. The van der Waals surface area contributed by atoms with Gasteiger partial charge in [-0.1, -0.05) is 30.3 Å². The van der Waals surface area contributed by atoms with Crippen molar-refractivity contribution >= 4 is 29.7 Å². The van der Waals surface area contributed by atoms with E-state index < -0.39 is 0 Å². The third kappa shape index (κ3) is 6.13. The van der Waals surface area contributed by atoms with Crippen LogP contribution in [0.5, 0.6) is 0 Å². The highest BCUT2D eigenvalue weighted by molar-refractivity contribution is 7.13. The molecule has 0 radical (unpaired) electrons. The topological polar surface area (TPSA) is 54.0 Å². The van der Waals surface area contributed by atoms with Gasteiger partial charge in [0.25, 0.3) is 0 Å². The van der Waals surface area contributed by atoms with Crippen LogP contribution in [-0.2, 0) is 11.2 Å². The van der Waals surface area contributed by atoms with Crippen LogP contribution in [0.2, 0.25) is 0 Å². The van der Waals surface area contributed by atoms with E-state index in [9.17, 15) is 4.79 Å². The summed E-state index contributed by atoms with van der Waals surface area (Å²) in [6.07, 6.45) is 2.23. The third-order valence-electron chi connectivity index (χ3n) is 3.11. The summed E-state index contributed by atoms with van der Waals surface area (Å²) in [6.45, 7) is 1.52. The van der Waals surface area contributed by atoms with Gasteiger partial charge in [-0.3, -0.25) is 4.79 Å². The van der Waals surface area contributed by atoms with E-state index in [1.165, 1.54) is 0 Å². The fraction of sp³-hybridized carbons (Fsp3) is 0.375. The molecule has 0 aliphatic rings. The largest absolute Gasteiger partial charge is 0.356 e. The van der Waals surface area contributed by atoms with Gasteiger partial charge in [-0.05, 0) is 20.0 Å². The number of carbonyl (C=O) groups excluding carboxylic acids is 1. The monoisotopic (exact) mass is 339 g/mol. The number of hydrogen-bond acceptors (Lipinski definition) is 4. The molecule has 0 fully saturated rings. The van der Waals surface area contributed by atoms with Crippen LogP contribution in [0.25, 0.3) is 10.6 Å². The van der Waals surface area contributed by atoms with E-state index in [0.717, 1.165) is 35.7 Å². The molecule has 1 aromatic heterocycles. The molecule has 0 saturated heterocycles. The number of halogens is 1. The molecule has 0 bridgehead atoms. The lowest BCUT2D eigenvalue weighted by Crippen LogP contribution is -2.26. The molecule has 2 rings (SSSR count). The molecule has 1 amide bonds. The normalized spacial score (nSPS) is 10.0. The summed E-state index contributed by atoms with van der Waals surface area (Å²) < 4.78 is 0. The number of hydrogen-bond donors (Lipinski definition) is 2. The van der Waals surface area contributed by atoms with Crippen LogP contribution in [0.15, 0.2) is 35.7 Å². The molecule has 0 aliphatic carbocycles. The minimum Gasteiger partial charge on any atom is -0.356 e. The maximum Gasteiger partial charge on any atom is 0.220 e. The number of carbonyl (C=O) groups is 1. The number of nitrogens with one attached hydrogen (secondary N) is 2. The van der Waals surface area contributed by atoms with Gasteiger partial charge in [0.1, 0.15) is 5.01 Å². The average molecular weight is 340 g/mol. The average Bonchev–Trinajstić information content (AvgIpc) is 2.97. The number of nitrogens with zero attached hydrogens (tertiary/aromatic N) is 1. The molecule has 6 heteroatoms. The van der Waals surface area contributed by atoms with Crippen LogP contribution in [-0.4, -0.2) is 31.0 Å².